The lowest BCUT2D eigenvalue weighted by molar-refractivity contribution is -0.192. The average Bonchev–Trinajstić information content (AvgIpc) is 3.06. The van der Waals surface area contributed by atoms with Crippen LogP contribution in [0.2, 0.25) is 0 Å². The largest absolute Gasteiger partial charge is 0.490 e. The molecule has 2 fully saturated rings. The van der Waals surface area contributed by atoms with E-state index in [2.05, 4.69) is 21.8 Å². The maximum absolute atomic E-state index is 10.6. The molecule has 0 bridgehead atoms. The second-order valence-electron chi connectivity index (χ2n) is 7.24. The highest BCUT2D eigenvalue weighted by Crippen LogP contribution is 2.36. The first-order valence-electron chi connectivity index (χ1n) is 9.30. The number of rotatable bonds is 4. The van der Waals surface area contributed by atoms with Crippen LogP contribution in [0.4, 0.5) is 13.2 Å². The average molecular weight is 445 g/mol. The number of aryl methyl sites for hydroxylation is 1. The highest BCUT2D eigenvalue weighted by atomic mass is 32.1. The zero-order valence-corrected chi connectivity index (χ0v) is 17.1. The summed E-state index contributed by atoms with van der Waals surface area (Å²) in [5.74, 6) is -2.04. The van der Waals surface area contributed by atoms with E-state index < -0.39 is 12.1 Å². The number of thiazole rings is 1. The predicted octanol–water partition coefficient (Wildman–Crippen LogP) is 3.29. The molecule has 7 nitrogen and oxygen atoms in total. The van der Waals surface area contributed by atoms with Crippen LogP contribution in [-0.2, 0) is 16.1 Å². The minimum Gasteiger partial charge on any atom is -0.475 e. The molecule has 0 amide bonds. The maximum atomic E-state index is 10.6. The Morgan fingerprint density at radius 3 is 2.70 bits per heavy atom. The Balaban J connectivity index is 0.000000318. The van der Waals surface area contributed by atoms with Crippen molar-refractivity contribution in [1.29, 1.82) is 0 Å². The highest BCUT2D eigenvalue weighted by molar-refractivity contribution is 7.09. The first-order chi connectivity index (χ1) is 14.2. The Bertz CT molecular complexity index is 841. The van der Waals surface area contributed by atoms with E-state index in [1.807, 2.05) is 23.7 Å². The SMILES string of the molecule is Cc1ncsc1CN1CC2(CC(Oc3ccccn3)CCO2)C1.O=C(O)C(F)(F)F. The van der Waals surface area contributed by atoms with Crippen molar-refractivity contribution in [3.63, 3.8) is 0 Å². The van der Waals surface area contributed by atoms with Crippen LogP contribution in [0, 0.1) is 6.92 Å². The molecule has 2 aromatic rings. The lowest BCUT2D eigenvalue weighted by Crippen LogP contribution is -2.65. The number of aromatic nitrogens is 2. The smallest absolute Gasteiger partial charge is 0.475 e. The number of nitrogens with zero attached hydrogens (tertiary/aromatic N) is 3. The molecule has 1 spiro atoms. The molecule has 11 heteroatoms. The van der Waals surface area contributed by atoms with E-state index in [1.54, 1.807) is 17.5 Å². The number of carboxylic acid groups (broad SMARTS) is 1. The van der Waals surface area contributed by atoms with Crippen LogP contribution in [0.5, 0.6) is 5.88 Å². The Hall–Kier alpha value is -2.24. The molecular formula is C19H22F3N3O4S. The molecule has 2 aliphatic rings. The molecule has 164 valence electrons. The summed E-state index contributed by atoms with van der Waals surface area (Å²) >= 11 is 1.74. The molecular weight excluding hydrogens is 423 g/mol. The fraction of sp³-hybridized carbons (Fsp3) is 0.526. The van der Waals surface area contributed by atoms with Gasteiger partial charge in [-0.15, -0.1) is 11.3 Å². The zero-order chi connectivity index (χ0) is 21.8. The summed E-state index contributed by atoms with van der Waals surface area (Å²) in [5, 5.41) is 7.12. The fourth-order valence-electron chi connectivity index (χ4n) is 3.45. The Morgan fingerprint density at radius 2 is 2.13 bits per heavy atom. The molecule has 1 N–H and O–H groups in total. The number of carbonyl (C=O) groups is 1. The number of hydrogen-bond acceptors (Lipinski definition) is 7. The van der Waals surface area contributed by atoms with Crippen molar-refractivity contribution in [1.82, 2.24) is 14.9 Å². The first-order valence-corrected chi connectivity index (χ1v) is 10.2. The minimum absolute atomic E-state index is 0.0315. The predicted molar refractivity (Wildman–Crippen MR) is 102 cm³/mol. The summed E-state index contributed by atoms with van der Waals surface area (Å²) in [6, 6.07) is 5.78. The summed E-state index contributed by atoms with van der Waals surface area (Å²) < 4.78 is 43.9. The lowest BCUT2D eigenvalue weighted by atomic mass is 9.84. The summed E-state index contributed by atoms with van der Waals surface area (Å²) in [6.45, 7) is 5.78. The van der Waals surface area contributed by atoms with E-state index in [0.29, 0.717) is 5.88 Å². The van der Waals surface area contributed by atoms with Gasteiger partial charge in [0, 0.05) is 49.6 Å². The number of pyridine rings is 1. The van der Waals surface area contributed by atoms with Crippen molar-refractivity contribution in [2.45, 2.75) is 44.2 Å². The van der Waals surface area contributed by atoms with E-state index in [-0.39, 0.29) is 11.7 Å². The van der Waals surface area contributed by atoms with Gasteiger partial charge < -0.3 is 14.6 Å². The zero-order valence-electron chi connectivity index (χ0n) is 16.3. The molecule has 0 saturated carbocycles. The van der Waals surface area contributed by atoms with Gasteiger partial charge in [0.25, 0.3) is 0 Å². The number of alkyl halides is 3. The van der Waals surface area contributed by atoms with E-state index in [0.717, 1.165) is 44.8 Å². The normalized spacial score (nSPS) is 20.7. The first kappa shape index (κ1) is 22.4. The number of aliphatic carboxylic acids is 1. The molecule has 2 saturated heterocycles. The van der Waals surface area contributed by atoms with E-state index in [4.69, 9.17) is 19.4 Å². The molecule has 4 heterocycles. The van der Waals surface area contributed by atoms with Crippen molar-refractivity contribution in [3.8, 4) is 5.88 Å². The molecule has 30 heavy (non-hydrogen) atoms. The molecule has 0 aromatic carbocycles. The summed E-state index contributed by atoms with van der Waals surface area (Å²) in [7, 11) is 0. The second-order valence-corrected chi connectivity index (χ2v) is 8.18. The molecule has 4 rings (SSSR count). The highest BCUT2D eigenvalue weighted by Gasteiger charge is 2.48. The van der Waals surface area contributed by atoms with Gasteiger partial charge in [-0.3, -0.25) is 4.90 Å². The summed E-state index contributed by atoms with van der Waals surface area (Å²) in [6.07, 6.45) is -1.23. The van der Waals surface area contributed by atoms with Crippen molar-refractivity contribution in [3.05, 3.63) is 40.5 Å². The third kappa shape index (κ3) is 5.89. The summed E-state index contributed by atoms with van der Waals surface area (Å²) in [4.78, 5) is 21.3. The minimum atomic E-state index is -5.08. The van der Waals surface area contributed by atoms with Crippen molar-refractivity contribution in [2.75, 3.05) is 19.7 Å². The van der Waals surface area contributed by atoms with Crippen LogP contribution in [-0.4, -0.2) is 63.5 Å². The molecule has 1 unspecified atom stereocenters. The number of carboxylic acids is 1. The van der Waals surface area contributed by atoms with Crippen LogP contribution in [0.15, 0.2) is 29.9 Å². The Kier molecular flexibility index (Phi) is 6.94. The van der Waals surface area contributed by atoms with E-state index in [1.165, 1.54) is 4.88 Å². The molecule has 0 aliphatic carbocycles. The quantitative estimate of drug-likeness (QED) is 0.773. The van der Waals surface area contributed by atoms with Gasteiger partial charge in [0.2, 0.25) is 5.88 Å². The Labute approximate surface area is 175 Å². The van der Waals surface area contributed by atoms with Gasteiger partial charge in [-0.1, -0.05) is 6.07 Å². The number of halogens is 3. The van der Waals surface area contributed by atoms with Crippen molar-refractivity contribution >= 4 is 17.3 Å². The summed E-state index contributed by atoms with van der Waals surface area (Å²) in [5.41, 5.74) is 3.04. The van der Waals surface area contributed by atoms with Crippen LogP contribution in [0.25, 0.3) is 0 Å². The van der Waals surface area contributed by atoms with E-state index >= 15 is 0 Å². The molecule has 1 atom stereocenters. The van der Waals surface area contributed by atoms with Gasteiger partial charge in [-0.05, 0) is 13.0 Å². The van der Waals surface area contributed by atoms with Gasteiger partial charge >= 0.3 is 12.1 Å². The monoisotopic (exact) mass is 445 g/mol. The van der Waals surface area contributed by atoms with Crippen LogP contribution < -0.4 is 4.74 Å². The fourth-order valence-corrected chi connectivity index (χ4v) is 4.27. The van der Waals surface area contributed by atoms with Crippen molar-refractivity contribution in [2.24, 2.45) is 0 Å². The second kappa shape index (κ2) is 9.27. The lowest BCUT2D eigenvalue weighted by Gasteiger charge is -2.53. The molecule has 0 radical (unpaired) electrons. The topological polar surface area (TPSA) is 84.8 Å². The number of ether oxygens (including phenoxy) is 2. The van der Waals surface area contributed by atoms with Crippen LogP contribution >= 0.6 is 11.3 Å². The standard InChI is InChI=1S/C17H21N3O2S.C2HF3O2/c1-13-15(23-12-19-13)9-20-10-17(11-20)8-14(5-7-21-17)22-16-4-2-3-6-18-16;3-2(4,5)1(6)7/h2-4,6,12,14H,5,7-11H2,1H3;(H,6,7). The third-order valence-corrected chi connectivity index (χ3v) is 5.77. The van der Waals surface area contributed by atoms with Crippen LogP contribution in [0.1, 0.15) is 23.4 Å². The Morgan fingerprint density at radius 1 is 1.40 bits per heavy atom. The number of likely N-dealkylation sites (tertiary alicyclic amines) is 1. The molecule has 2 aliphatic heterocycles. The van der Waals surface area contributed by atoms with Gasteiger partial charge in [0.1, 0.15) is 6.10 Å². The van der Waals surface area contributed by atoms with Gasteiger partial charge in [-0.25, -0.2) is 14.8 Å². The van der Waals surface area contributed by atoms with Crippen molar-refractivity contribution < 1.29 is 32.5 Å². The van der Waals surface area contributed by atoms with E-state index in [9.17, 15) is 13.2 Å². The van der Waals surface area contributed by atoms with Crippen LogP contribution in [0.3, 0.4) is 0 Å². The molecule has 2 aromatic heterocycles. The third-order valence-electron chi connectivity index (χ3n) is 4.85. The van der Waals surface area contributed by atoms with Gasteiger partial charge in [0.15, 0.2) is 0 Å². The maximum Gasteiger partial charge on any atom is 0.490 e. The van der Waals surface area contributed by atoms with Gasteiger partial charge in [-0.2, -0.15) is 13.2 Å². The van der Waals surface area contributed by atoms with Gasteiger partial charge in [0.05, 0.1) is 23.4 Å². The number of hydrogen-bond donors (Lipinski definition) is 1.